The number of hydrogen-bond donors (Lipinski definition) is 1. The van der Waals surface area contributed by atoms with Crippen molar-refractivity contribution >= 4 is 31.6 Å². The van der Waals surface area contributed by atoms with E-state index in [1.54, 1.807) is 33.0 Å². The average Bonchev–Trinajstić information content (AvgIpc) is 3.05. The second kappa shape index (κ2) is 8.66. The minimum Gasteiger partial charge on any atom is -0.345 e. The van der Waals surface area contributed by atoms with E-state index in [4.69, 9.17) is 0 Å². The lowest BCUT2D eigenvalue weighted by molar-refractivity contribution is 0.101. The first-order valence-corrected chi connectivity index (χ1v) is 11.8. The Morgan fingerprint density at radius 3 is 2.17 bits per heavy atom. The number of anilines is 1. The van der Waals surface area contributed by atoms with Crippen LogP contribution in [-0.2, 0) is 27.1 Å². The molecule has 0 spiro atoms. The van der Waals surface area contributed by atoms with Crippen LogP contribution in [-0.4, -0.2) is 63.1 Å². The van der Waals surface area contributed by atoms with Crippen LogP contribution in [0.5, 0.6) is 0 Å². The van der Waals surface area contributed by atoms with Gasteiger partial charge in [-0.25, -0.2) is 21.1 Å². The van der Waals surface area contributed by atoms with Crippen LogP contribution < -0.4 is 5.32 Å². The van der Waals surface area contributed by atoms with Gasteiger partial charge in [-0.3, -0.25) is 4.79 Å². The molecule has 160 valence electrons. The summed E-state index contributed by atoms with van der Waals surface area (Å²) in [5.74, 6) is -0.616. The molecule has 2 aromatic rings. The van der Waals surface area contributed by atoms with Crippen molar-refractivity contribution < 1.29 is 21.6 Å². The number of nitrogens with zero attached hydrogens (tertiary/aromatic N) is 3. The van der Waals surface area contributed by atoms with Crippen molar-refractivity contribution in [3.63, 3.8) is 0 Å². The van der Waals surface area contributed by atoms with E-state index < -0.39 is 26.0 Å². The van der Waals surface area contributed by atoms with Crippen LogP contribution in [0.3, 0.4) is 0 Å². The number of aromatic nitrogens is 1. The van der Waals surface area contributed by atoms with Gasteiger partial charge in [-0.1, -0.05) is 26.0 Å². The lowest BCUT2D eigenvalue weighted by Gasteiger charge is -2.17. The highest BCUT2D eigenvalue weighted by Gasteiger charge is 2.27. The first kappa shape index (κ1) is 23.1. The maximum absolute atomic E-state index is 12.8. The van der Waals surface area contributed by atoms with Crippen molar-refractivity contribution in [1.29, 1.82) is 0 Å². The van der Waals surface area contributed by atoms with Gasteiger partial charge in [-0.05, 0) is 18.2 Å². The Labute approximate surface area is 172 Å². The molecule has 1 heterocycles. The quantitative estimate of drug-likeness (QED) is 0.667. The molecule has 1 N–H and O–H groups in total. The lowest BCUT2D eigenvalue weighted by Crippen LogP contribution is -2.30. The number of rotatable bonds is 8. The third kappa shape index (κ3) is 4.53. The number of para-hydroxylation sites is 1. The Balaban J connectivity index is 2.41. The molecule has 0 unspecified atom stereocenters. The molecule has 29 heavy (non-hydrogen) atoms. The van der Waals surface area contributed by atoms with E-state index >= 15 is 0 Å². The fourth-order valence-electron chi connectivity index (χ4n) is 2.79. The van der Waals surface area contributed by atoms with Gasteiger partial charge >= 0.3 is 0 Å². The van der Waals surface area contributed by atoms with Gasteiger partial charge in [0.1, 0.15) is 15.5 Å². The normalized spacial score (nSPS) is 12.5. The first-order valence-electron chi connectivity index (χ1n) is 8.96. The summed E-state index contributed by atoms with van der Waals surface area (Å²) in [5, 5.41) is 2.58. The molecule has 0 aliphatic rings. The molecule has 0 aliphatic carbocycles. The summed E-state index contributed by atoms with van der Waals surface area (Å²) in [4.78, 5) is 12.7. The highest BCUT2D eigenvalue weighted by Crippen LogP contribution is 2.25. The SMILES string of the molecule is CCN(CC)S(=O)(=O)c1cc(C(=O)Nc2ccccc2S(=O)(=O)N(C)C)n(C)c1. The predicted molar refractivity (Wildman–Crippen MR) is 111 cm³/mol. The van der Waals surface area contributed by atoms with Crippen LogP contribution in [0.25, 0.3) is 0 Å². The van der Waals surface area contributed by atoms with E-state index in [2.05, 4.69) is 5.32 Å². The van der Waals surface area contributed by atoms with E-state index in [9.17, 15) is 21.6 Å². The minimum absolute atomic E-state index is 0.00282. The van der Waals surface area contributed by atoms with Gasteiger partial charge in [-0.15, -0.1) is 0 Å². The number of benzene rings is 1. The number of aryl methyl sites for hydroxylation is 1. The maximum Gasteiger partial charge on any atom is 0.272 e. The fourth-order valence-corrected chi connectivity index (χ4v) is 5.36. The number of carbonyl (C=O) groups is 1. The van der Waals surface area contributed by atoms with Crippen molar-refractivity contribution in [1.82, 2.24) is 13.2 Å². The summed E-state index contributed by atoms with van der Waals surface area (Å²) in [7, 11) is -3.14. The molecule has 0 saturated carbocycles. The smallest absolute Gasteiger partial charge is 0.272 e. The molecule has 0 aliphatic heterocycles. The van der Waals surface area contributed by atoms with Crippen molar-refractivity contribution in [2.75, 3.05) is 32.5 Å². The standard InChI is InChI=1S/C18H26N4O5S2/c1-6-22(7-2)28(24,25)14-12-16(21(5)13-14)18(23)19-15-10-8-9-11-17(15)29(26,27)20(3)4/h8-13H,6-7H2,1-5H3,(H,19,23). The van der Waals surface area contributed by atoms with E-state index in [1.165, 1.54) is 47.4 Å². The van der Waals surface area contributed by atoms with Crippen LogP contribution in [0.4, 0.5) is 5.69 Å². The van der Waals surface area contributed by atoms with E-state index in [-0.39, 0.29) is 21.2 Å². The number of hydrogen-bond acceptors (Lipinski definition) is 5. The Bertz CT molecular complexity index is 1100. The second-order valence-corrected chi connectivity index (χ2v) is 10.6. The number of carbonyl (C=O) groups excluding carboxylic acids is 1. The van der Waals surface area contributed by atoms with Crippen LogP contribution in [0, 0.1) is 0 Å². The van der Waals surface area contributed by atoms with Gasteiger partial charge in [0.2, 0.25) is 20.0 Å². The average molecular weight is 443 g/mol. The summed E-state index contributed by atoms with van der Waals surface area (Å²) in [6.07, 6.45) is 1.37. The molecular weight excluding hydrogens is 416 g/mol. The third-order valence-electron chi connectivity index (χ3n) is 4.45. The largest absolute Gasteiger partial charge is 0.345 e. The Kier molecular flexibility index (Phi) is 6.89. The van der Waals surface area contributed by atoms with Gasteiger partial charge in [0.15, 0.2) is 0 Å². The summed E-state index contributed by atoms with van der Waals surface area (Å²) in [6, 6.07) is 7.32. The van der Waals surface area contributed by atoms with Crippen molar-refractivity contribution in [3.05, 3.63) is 42.2 Å². The molecule has 1 amide bonds. The molecule has 1 aromatic heterocycles. The molecule has 9 nitrogen and oxygen atoms in total. The summed E-state index contributed by atoms with van der Waals surface area (Å²) < 4.78 is 54.1. The highest BCUT2D eigenvalue weighted by molar-refractivity contribution is 7.89. The van der Waals surface area contributed by atoms with Gasteiger partial charge in [0, 0.05) is 40.4 Å². The van der Waals surface area contributed by atoms with Crippen LogP contribution >= 0.6 is 0 Å². The molecule has 0 fully saturated rings. The zero-order valence-corrected chi connectivity index (χ0v) is 18.7. The molecule has 0 saturated heterocycles. The third-order valence-corrected chi connectivity index (χ3v) is 8.34. The van der Waals surface area contributed by atoms with E-state index in [0.29, 0.717) is 13.1 Å². The Hall–Kier alpha value is -2.21. The van der Waals surface area contributed by atoms with Crippen molar-refractivity contribution in [3.8, 4) is 0 Å². The monoisotopic (exact) mass is 442 g/mol. The Morgan fingerprint density at radius 2 is 1.62 bits per heavy atom. The lowest BCUT2D eigenvalue weighted by atomic mass is 10.3. The molecule has 11 heteroatoms. The molecule has 2 rings (SSSR count). The second-order valence-electron chi connectivity index (χ2n) is 6.50. The van der Waals surface area contributed by atoms with E-state index in [1.807, 2.05) is 0 Å². The maximum atomic E-state index is 12.8. The first-order chi connectivity index (χ1) is 13.5. The molecule has 0 bridgehead atoms. The Morgan fingerprint density at radius 1 is 1.03 bits per heavy atom. The molecule has 0 atom stereocenters. The molecular formula is C18H26N4O5S2. The van der Waals surface area contributed by atoms with Crippen LogP contribution in [0.2, 0.25) is 0 Å². The summed E-state index contributed by atoms with van der Waals surface area (Å²) in [6.45, 7) is 4.09. The zero-order chi connectivity index (χ0) is 22.0. The highest BCUT2D eigenvalue weighted by atomic mass is 32.2. The molecule has 0 radical (unpaired) electrons. The number of sulfonamides is 2. The van der Waals surface area contributed by atoms with Crippen molar-refractivity contribution in [2.45, 2.75) is 23.6 Å². The fraction of sp³-hybridized carbons (Fsp3) is 0.389. The minimum atomic E-state index is -3.77. The zero-order valence-electron chi connectivity index (χ0n) is 17.1. The van der Waals surface area contributed by atoms with Crippen molar-refractivity contribution in [2.24, 2.45) is 7.05 Å². The number of nitrogens with one attached hydrogen (secondary N) is 1. The number of amides is 1. The van der Waals surface area contributed by atoms with Gasteiger partial charge in [-0.2, -0.15) is 4.31 Å². The summed E-state index contributed by atoms with van der Waals surface area (Å²) in [5.41, 5.74) is 0.202. The topological polar surface area (TPSA) is 109 Å². The molecule has 1 aromatic carbocycles. The van der Waals surface area contributed by atoms with Gasteiger partial charge < -0.3 is 9.88 Å². The predicted octanol–water partition coefficient (Wildman–Crippen LogP) is 1.56. The van der Waals surface area contributed by atoms with E-state index in [0.717, 1.165) is 4.31 Å². The van der Waals surface area contributed by atoms with Gasteiger partial charge in [0.25, 0.3) is 5.91 Å². The van der Waals surface area contributed by atoms with Crippen LogP contribution in [0.15, 0.2) is 46.3 Å². The summed E-state index contributed by atoms with van der Waals surface area (Å²) >= 11 is 0. The van der Waals surface area contributed by atoms with Gasteiger partial charge in [0.05, 0.1) is 5.69 Å². The van der Waals surface area contributed by atoms with Crippen LogP contribution in [0.1, 0.15) is 24.3 Å².